The molecule has 0 unspecified atom stereocenters. The zero-order valence-corrected chi connectivity index (χ0v) is 12.9. The van der Waals surface area contributed by atoms with Gasteiger partial charge in [0.2, 0.25) is 0 Å². The largest absolute Gasteiger partial charge is 0.356 e. The lowest BCUT2D eigenvalue weighted by molar-refractivity contribution is 0.443. The molecule has 0 atom stereocenters. The van der Waals surface area contributed by atoms with Crippen molar-refractivity contribution in [2.75, 3.05) is 18.5 Å². The highest BCUT2D eigenvalue weighted by Gasteiger charge is 2.40. The first-order valence-electron chi connectivity index (χ1n) is 7.83. The molecule has 2 aliphatic heterocycles. The van der Waals surface area contributed by atoms with Gasteiger partial charge in [-0.25, -0.2) is 0 Å². The van der Waals surface area contributed by atoms with Crippen molar-refractivity contribution in [3.05, 3.63) is 0 Å². The van der Waals surface area contributed by atoms with Crippen LogP contribution in [-0.4, -0.2) is 25.3 Å². The highest BCUT2D eigenvalue weighted by atomic mass is 31.2. The number of rotatable bonds is 4. The standard InChI is InChI=1S/C14H29BNP/c1-4-17(5-2,6-3)16-15-13-9-7-10-14(15)12-8-11-13/h13-14H,4-12H2,1-3H3. The van der Waals surface area contributed by atoms with Crippen molar-refractivity contribution in [1.29, 1.82) is 0 Å². The SMILES string of the molecule is CCP(CC)(CC)=NB1C2CCCC1CCC2. The third kappa shape index (κ3) is 2.83. The second kappa shape index (κ2) is 5.96. The Kier molecular flexibility index (Phi) is 4.81. The summed E-state index contributed by atoms with van der Waals surface area (Å²) in [4.78, 5) is 0. The summed E-state index contributed by atoms with van der Waals surface area (Å²) in [6.45, 7) is 7.90. The molecule has 0 aromatic heterocycles. The summed E-state index contributed by atoms with van der Waals surface area (Å²) in [5, 5.41) is 0. The van der Waals surface area contributed by atoms with Gasteiger partial charge in [-0.2, -0.15) is 0 Å². The Balaban J connectivity index is 2.23. The van der Waals surface area contributed by atoms with Crippen LogP contribution in [-0.2, 0) is 0 Å². The quantitative estimate of drug-likeness (QED) is 0.473. The molecule has 2 rings (SSSR count). The number of nitrogens with zero attached hydrogens (tertiary/aromatic N) is 1. The van der Waals surface area contributed by atoms with Gasteiger partial charge in [-0.15, -0.1) is 0 Å². The van der Waals surface area contributed by atoms with E-state index in [4.69, 9.17) is 4.66 Å². The maximum Gasteiger partial charge on any atom is 0.283 e. The Hall–Kier alpha value is 0.295. The van der Waals surface area contributed by atoms with E-state index in [0.717, 1.165) is 18.5 Å². The van der Waals surface area contributed by atoms with E-state index in [1.54, 1.807) is 0 Å². The first kappa shape index (κ1) is 13.7. The van der Waals surface area contributed by atoms with Gasteiger partial charge in [0.1, 0.15) is 0 Å². The molecule has 2 aliphatic rings. The molecule has 0 aliphatic carbocycles. The lowest BCUT2D eigenvalue weighted by Crippen LogP contribution is -2.33. The molecule has 1 nitrogen and oxygen atoms in total. The van der Waals surface area contributed by atoms with Crippen LogP contribution in [0.2, 0.25) is 11.6 Å². The molecular formula is C14H29BNP. The van der Waals surface area contributed by atoms with Crippen LogP contribution in [0.25, 0.3) is 0 Å². The van der Waals surface area contributed by atoms with Crippen LogP contribution < -0.4 is 0 Å². The molecular weight excluding hydrogens is 224 g/mol. The molecule has 2 bridgehead atoms. The van der Waals surface area contributed by atoms with Crippen LogP contribution in [0.15, 0.2) is 4.66 Å². The van der Waals surface area contributed by atoms with Gasteiger partial charge in [0.15, 0.2) is 0 Å². The highest BCUT2D eigenvalue weighted by Crippen LogP contribution is 2.54. The maximum atomic E-state index is 5.52. The Morgan fingerprint density at radius 3 is 1.65 bits per heavy atom. The summed E-state index contributed by atoms with van der Waals surface area (Å²) in [5.41, 5.74) is 0. The van der Waals surface area contributed by atoms with E-state index in [0.29, 0.717) is 0 Å². The molecule has 2 fully saturated rings. The number of fused-ring (bicyclic) bond motifs is 2. The van der Waals surface area contributed by atoms with E-state index in [2.05, 4.69) is 20.8 Å². The van der Waals surface area contributed by atoms with Crippen molar-refractivity contribution < 1.29 is 0 Å². The minimum atomic E-state index is -0.936. The van der Waals surface area contributed by atoms with Crippen LogP contribution in [0.3, 0.4) is 0 Å². The summed E-state index contributed by atoms with van der Waals surface area (Å²) in [6, 6.07) is 0. The lowest BCUT2D eigenvalue weighted by atomic mass is 9.35. The molecule has 0 saturated carbocycles. The van der Waals surface area contributed by atoms with Gasteiger partial charge in [-0.05, 0) is 37.2 Å². The molecule has 0 spiro atoms. The zero-order chi connectivity index (χ0) is 12.3. The van der Waals surface area contributed by atoms with Crippen LogP contribution in [0, 0.1) is 0 Å². The maximum absolute atomic E-state index is 5.52. The topological polar surface area (TPSA) is 12.4 Å². The van der Waals surface area contributed by atoms with Crippen molar-refractivity contribution in [1.82, 2.24) is 0 Å². The van der Waals surface area contributed by atoms with Gasteiger partial charge < -0.3 is 4.66 Å². The van der Waals surface area contributed by atoms with Crippen LogP contribution >= 0.6 is 7.05 Å². The molecule has 0 aromatic rings. The third-order valence-electron chi connectivity index (χ3n) is 5.41. The summed E-state index contributed by atoms with van der Waals surface area (Å²) in [6.07, 6.45) is 12.9. The van der Waals surface area contributed by atoms with Gasteiger partial charge in [0, 0.05) is 0 Å². The summed E-state index contributed by atoms with van der Waals surface area (Å²) < 4.78 is 5.52. The van der Waals surface area contributed by atoms with E-state index >= 15 is 0 Å². The van der Waals surface area contributed by atoms with E-state index in [9.17, 15) is 0 Å². The summed E-state index contributed by atoms with van der Waals surface area (Å²) in [5.74, 6) is 1.93. The van der Waals surface area contributed by atoms with Gasteiger partial charge in [0.25, 0.3) is 6.85 Å². The minimum Gasteiger partial charge on any atom is -0.356 e. The second-order valence-corrected chi connectivity index (χ2v) is 10.4. The van der Waals surface area contributed by atoms with Crippen LogP contribution in [0.1, 0.15) is 59.3 Å². The van der Waals surface area contributed by atoms with Crippen molar-refractivity contribution in [3.63, 3.8) is 0 Å². The Bertz CT molecular complexity index is 262. The van der Waals surface area contributed by atoms with Gasteiger partial charge >= 0.3 is 0 Å². The Labute approximate surface area is 108 Å². The van der Waals surface area contributed by atoms with E-state index in [-0.39, 0.29) is 0 Å². The fourth-order valence-electron chi connectivity index (χ4n) is 4.03. The van der Waals surface area contributed by atoms with Crippen LogP contribution in [0.4, 0.5) is 0 Å². The molecule has 0 amide bonds. The molecule has 98 valence electrons. The second-order valence-electron chi connectivity index (χ2n) is 6.03. The van der Waals surface area contributed by atoms with Crippen molar-refractivity contribution in [2.24, 2.45) is 4.66 Å². The Morgan fingerprint density at radius 1 is 0.882 bits per heavy atom. The predicted molar refractivity (Wildman–Crippen MR) is 81.9 cm³/mol. The molecule has 0 N–H and O–H groups in total. The van der Waals surface area contributed by atoms with Gasteiger partial charge in [-0.3, -0.25) is 0 Å². The predicted octanol–water partition coefficient (Wildman–Crippen LogP) is 5.35. The number of hydrogen-bond acceptors (Lipinski definition) is 1. The minimum absolute atomic E-state index is 0.769. The average molecular weight is 253 g/mol. The molecule has 0 radical (unpaired) electrons. The molecule has 2 saturated heterocycles. The monoisotopic (exact) mass is 253 g/mol. The molecule has 3 heteroatoms. The zero-order valence-electron chi connectivity index (χ0n) is 12.0. The third-order valence-corrected chi connectivity index (χ3v) is 9.70. The number of hydrogen-bond donors (Lipinski definition) is 0. The van der Waals surface area contributed by atoms with Gasteiger partial charge in [0.05, 0.1) is 0 Å². The van der Waals surface area contributed by atoms with E-state index in [1.165, 1.54) is 57.0 Å². The highest BCUT2D eigenvalue weighted by molar-refractivity contribution is 7.67. The lowest BCUT2D eigenvalue weighted by Gasteiger charge is -2.39. The van der Waals surface area contributed by atoms with Crippen molar-refractivity contribution >= 4 is 13.9 Å². The summed E-state index contributed by atoms with van der Waals surface area (Å²) in [7, 11) is -0.936. The Morgan fingerprint density at radius 2 is 1.29 bits per heavy atom. The molecule has 2 heterocycles. The van der Waals surface area contributed by atoms with Crippen molar-refractivity contribution in [2.45, 2.75) is 70.9 Å². The summed E-state index contributed by atoms with van der Waals surface area (Å²) >= 11 is 0. The fraction of sp³-hybridized carbons (Fsp3) is 1.00. The van der Waals surface area contributed by atoms with Crippen LogP contribution in [0.5, 0.6) is 0 Å². The normalized spacial score (nSPS) is 29.2. The van der Waals surface area contributed by atoms with E-state index in [1.807, 2.05) is 0 Å². The first-order valence-corrected chi connectivity index (χ1v) is 10.1. The molecule has 0 aromatic carbocycles. The van der Waals surface area contributed by atoms with E-state index < -0.39 is 7.05 Å². The first-order chi connectivity index (χ1) is 8.24. The fourth-order valence-corrected chi connectivity index (χ4v) is 6.80. The van der Waals surface area contributed by atoms with Gasteiger partial charge in [-0.1, -0.05) is 59.3 Å². The molecule has 17 heavy (non-hydrogen) atoms. The average Bonchev–Trinajstić information content (AvgIpc) is 2.36. The smallest absolute Gasteiger partial charge is 0.283 e. The van der Waals surface area contributed by atoms with Crippen molar-refractivity contribution in [3.8, 4) is 0 Å².